The molecule has 1 aromatic heterocycles. The monoisotopic (exact) mass is 251 g/mol. The average molecular weight is 251 g/mol. The molecule has 1 aromatic rings. The number of nitrogens with one attached hydrogen (secondary N) is 1. The van der Waals surface area contributed by atoms with Gasteiger partial charge in [-0.05, 0) is 46.2 Å². The molecule has 1 atom stereocenters. The largest absolute Gasteiger partial charge is 0.381 e. The lowest BCUT2D eigenvalue weighted by atomic mass is 9.78. The predicted molar refractivity (Wildman–Crippen MR) is 72.8 cm³/mol. The van der Waals surface area contributed by atoms with Crippen LogP contribution in [-0.4, -0.2) is 36.6 Å². The molecule has 0 aliphatic carbocycles. The molecular formula is C14H25N3O. The normalized spacial score (nSPS) is 24.4. The van der Waals surface area contributed by atoms with Crippen molar-refractivity contribution >= 4 is 0 Å². The van der Waals surface area contributed by atoms with E-state index in [4.69, 9.17) is 4.74 Å². The number of hydrogen-bond acceptors (Lipinski definition) is 3. The van der Waals surface area contributed by atoms with Gasteiger partial charge in [-0.2, -0.15) is 5.10 Å². The topological polar surface area (TPSA) is 39.1 Å². The van der Waals surface area contributed by atoms with E-state index < -0.39 is 0 Å². The first kappa shape index (κ1) is 13.6. The van der Waals surface area contributed by atoms with Gasteiger partial charge in [-0.3, -0.25) is 4.68 Å². The average Bonchev–Trinajstić information content (AvgIpc) is 2.70. The lowest BCUT2D eigenvalue weighted by molar-refractivity contribution is -0.00722. The SMILES string of the molecule is CCn1nc(C)cc1CC1(CNC)CCCOC1. The van der Waals surface area contributed by atoms with Crippen LogP contribution < -0.4 is 5.32 Å². The van der Waals surface area contributed by atoms with Crippen LogP contribution in [0.2, 0.25) is 0 Å². The van der Waals surface area contributed by atoms with Crippen molar-refractivity contribution in [2.75, 3.05) is 26.8 Å². The van der Waals surface area contributed by atoms with Crippen molar-refractivity contribution in [3.05, 3.63) is 17.5 Å². The van der Waals surface area contributed by atoms with Crippen LogP contribution in [-0.2, 0) is 17.7 Å². The number of rotatable bonds is 5. The van der Waals surface area contributed by atoms with E-state index in [0.29, 0.717) is 0 Å². The molecule has 2 rings (SSSR count). The number of ether oxygens (including phenoxy) is 1. The van der Waals surface area contributed by atoms with Crippen molar-refractivity contribution in [1.29, 1.82) is 0 Å². The molecule has 4 heteroatoms. The van der Waals surface area contributed by atoms with Crippen molar-refractivity contribution in [3.63, 3.8) is 0 Å². The first-order valence-electron chi connectivity index (χ1n) is 6.95. The van der Waals surface area contributed by atoms with Gasteiger partial charge >= 0.3 is 0 Å². The van der Waals surface area contributed by atoms with Crippen molar-refractivity contribution in [1.82, 2.24) is 15.1 Å². The molecule has 18 heavy (non-hydrogen) atoms. The Morgan fingerprint density at radius 2 is 2.39 bits per heavy atom. The van der Waals surface area contributed by atoms with Gasteiger partial charge in [-0.15, -0.1) is 0 Å². The third kappa shape index (κ3) is 2.93. The van der Waals surface area contributed by atoms with E-state index in [2.05, 4.69) is 35.0 Å². The molecule has 4 nitrogen and oxygen atoms in total. The second-order valence-electron chi connectivity index (χ2n) is 5.46. The molecule has 0 saturated carbocycles. The molecule has 0 bridgehead atoms. The van der Waals surface area contributed by atoms with Crippen LogP contribution in [0.15, 0.2) is 6.07 Å². The van der Waals surface area contributed by atoms with Gasteiger partial charge in [0.15, 0.2) is 0 Å². The number of hydrogen-bond donors (Lipinski definition) is 1. The van der Waals surface area contributed by atoms with Gasteiger partial charge in [-0.25, -0.2) is 0 Å². The van der Waals surface area contributed by atoms with Crippen molar-refractivity contribution < 1.29 is 4.74 Å². The number of nitrogens with zero attached hydrogens (tertiary/aromatic N) is 2. The zero-order valence-corrected chi connectivity index (χ0v) is 11.8. The molecule has 102 valence electrons. The van der Waals surface area contributed by atoms with Gasteiger partial charge in [-0.1, -0.05) is 0 Å². The van der Waals surface area contributed by atoms with Gasteiger partial charge < -0.3 is 10.1 Å². The van der Waals surface area contributed by atoms with Crippen LogP contribution in [0.5, 0.6) is 0 Å². The third-order valence-electron chi connectivity index (χ3n) is 3.80. The summed E-state index contributed by atoms with van der Waals surface area (Å²) in [4.78, 5) is 0. The summed E-state index contributed by atoms with van der Waals surface area (Å²) >= 11 is 0. The van der Waals surface area contributed by atoms with E-state index in [1.165, 1.54) is 18.5 Å². The highest BCUT2D eigenvalue weighted by molar-refractivity contribution is 5.12. The van der Waals surface area contributed by atoms with E-state index in [0.717, 1.165) is 38.4 Å². The van der Waals surface area contributed by atoms with Crippen LogP contribution in [0.3, 0.4) is 0 Å². The molecule has 1 fully saturated rings. The maximum atomic E-state index is 5.72. The second-order valence-corrected chi connectivity index (χ2v) is 5.46. The van der Waals surface area contributed by atoms with E-state index in [9.17, 15) is 0 Å². The Bertz CT molecular complexity index is 375. The van der Waals surface area contributed by atoms with Gasteiger partial charge in [0.05, 0.1) is 12.3 Å². The maximum Gasteiger partial charge on any atom is 0.0596 e. The Morgan fingerprint density at radius 3 is 3.00 bits per heavy atom. The fourth-order valence-electron chi connectivity index (χ4n) is 3.03. The maximum absolute atomic E-state index is 5.72. The molecule has 1 saturated heterocycles. The standard InChI is InChI=1S/C14H25N3O/c1-4-17-13(8-12(2)16-17)9-14(10-15-3)6-5-7-18-11-14/h8,15H,4-7,9-11H2,1-3H3. The Labute approximate surface area is 110 Å². The summed E-state index contributed by atoms with van der Waals surface area (Å²) in [5.74, 6) is 0. The molecule has 0 aromatic carbocycles. The van der Waals surface area contributed by atoms with Crippen molar-refractivity contribution in [2.24, 2.45) is 5.41 Å². The Balaban J connectivity index is 2.16. The summed E-state index contributed by atoms with van der Waals surface area (Å²) in [6, 6.07) is 2.22. The fourth-order valence-corrected chi connectivity index (χ4v) is 3.03. The van der Waals surface area contributed by atoms with Crippen LogP contribution in [0.1, 0.15) is 31.2 Å². The summed E-state index contributed by atoms with van der Waals surface area (Å²) in [6.07, 6.45) is 3.46. The quantitative estimate of drug-likeness (QED) is 0.867. The molecule has 0 radical (unpaired) electrons. The molecule has 0 spiro atoms. The van der Waals surface area contributed by atoms with E-state index >= 15 is 0 Å². The summed E-state index contributed by atoms with van der Waals surface area (Å²) < 4.78 is 7.85. The predicted octanol–water partition coefficient (Wildman–Crippen LogP) is 1.77. The van der Waals surface area contributed by atoms with E-state index in [1.54, 1.807) is 0 Å². The van der Waals surface area contributed by atoms with E-state index in [1.807, 2.05) is 7.05 Å². The minimum Gasteiger partial charge on any atom is -0.381 e. The smallest absolute Gasteiger partial charge is 0.0596 e. The van der Waals surface area contributed by atoms with E-state index in [-0.39, 0.29) is 5.41 Å². The first-order valence-corrected chi connectivity index (χ1v) is 6.95. The lowest BCUT2D eigenvalue weighted by Crippen LogP contribution is -2.42. The Morgan fingerprint density at radius 1 is 1.56 bits per heavy atom. The minimum atomic E-state index is 0.242. The lowest BCUT2D eigenvalue weighted by Gasteiger charge is -2.37. The molecule has 0 amide bonds. The molecule has 2 heterocycles. The molecule has 1 aliphatic rings. The van der Waals surface area contributed by atoms with Gasteiger partial charge in [0.2, 0.25) is 0 Å². The first-order chi connectivity index (χ1) is 8.69. The van der Waals surface area contributed by atoms with Crippen LogP contribution >= 0.6 is 0 Å². The summed E-state index contributed by atoms with van der Waals surface area (Å²) in [7, 11) is 2.03. The summed E-state index contributed by atoms with van der Waals surface area (Å²) in [5, 5.41) is 7.87. The zero-order chi connectivity index (χ0) is 13.0. The summed E-state index contributed by atoms with van der Waals surface area (Å²) in [5.41, 5.74) is 2.70. The highest BCUT2D eigenvalue weighted by atomic mass is 16.5. The van der Waals surface area contributed by atoms with Crippen molar-refractivity contribution in [3.8, 4) is 0 Å². The second kappa shape index (κ2) is 5.85. The Hall–Kier alpha value is -0.870. The van der Waals surface area contributed by atoms with Crippen LogP contribution in [0.4, 0.5) is 0 Å². The minimum absolute atomic E-state index is 0.242. The summed E-state index contributed by atoms with van der Waals surface area (Å²) in [6.45, 7) is 7.95. The molecule has 1 aliphatic heterocycles. The number of aryl methyl sites for hydroxylation is 2. The third-order valence-corrected chi connectivity index (χ3v) is 3.80. The van der Waals surface area contributed by atoms with Gasteiger partial charge in [0.1, 0.15) is 0 Å². The molecule has 1 N–H and O–H groups in total. The van der Waals surface area contributed by atoms with Gasteiger partial charge in [0.25, 0.3) is 0 Å². The highest BCUT2D eigenvalue weighted by Gasteiger charge is 2.33. The Kier molecular flexibility index (Phi) is 4.40. The number of aromatic nitrogens is 2. The van der Waals surface area contributed by atoms with Gasteiger partial charge in [0, 0.05) is 30.8 Å². The van der Waals surface area contributed by atoms with Crippen molar-refractivity contribution in [2.45, 2.75) is 39.7 Å². The fraction of sp³-hybridized carbons (Fsp3) is 0.786. The highest BCUT2D eigenvalue weighted by Crippen LogP contribution is 2.32. The molecular weight excluding hydrogens is 226 g/mol. The van der Waals surface area contributed by atoms with Crippen LogP contribution in [0, 0.1) is 12.3 Å². The van der Waals surface area contributed by atoms with Crippen LogP contribution in [0.25, 0.3) is 0 Å². The zero-order valence-electron chi connectivity index (χ0n) is 11.8. The molecule has 1 unspecified atom stereocenters.